The Bertz CT molecular complexity index is 886. The number of amides is 2. The molecule has 0 fully saturated rings. The normalized spacial score (nSPS) is 12.6. The van der Waals surface area contributed by atoms with E-state index in [1.54, 1.807) is 31.2 Å². The fraction of sp³-hybridized carbons (Fsp3) is 0.304. The highest BCUT2D eigenvalue weighted by Crippen LogP contribution is 2.18. The first-order valence-electron chi connectivity index (χ1n) is 9.98. The molecule has 158 valence electrons. The summed E-state index contributed by atoms with van der Waals surface area (Å²) < 4.78 is 0. The Balaban J connectivity index is 2.12. The number of aryl methyl sites for hydroxylation is 3. The molecular weight excluding hydrogens is 379 g/mol. The molecule has 2 amide bonds. The van der Waals surface area contributed by atoms with Crippen LogP contribution in [0.2, 0.25) is 0 Å². The molecule has 3 N–H and O–H groups in total. The summed E-state index contributed by atoms with van der Waals surface area (Å²) in [6.07, 6.45) is 2.08. The zero-order valence-electron chi connectivity index (χ0n) is 17.7. The zero-order chi connectivity index (χ0) is 22.3. The first kappa shape index (κ1) is 23.4. The van der Waals surface area contributed by atoms with Gasteiger partial charge in [0.25, 0.3) is 5.91 Å². The van der Waals surface area contributed by atoms with Gasteiger partial charge in [-0.3, -0.25) is 14.5 Å². The highest BCUT2D eigenvalue weighted by molar-refractivity contribution is 6.43. The molecule has 7 heteroatoms. The van der Waals surface area contributed by atoms with Crippen molar-refractivity contribution in [3.05, 3.63) is 77.9 Å². The van der Waals surface area contributed by atoms with Crippen LogP contribution in [0.25, 0.3) is 0 Å². The number of nitrogens with zero attached hydrogens (tertiary/aromatic N) is 1. The predicted molar refractivity (Wildman–Crippen MR) is 120 cm³/mol. The Hall–Kier alpha value is -2.90. The minimum absolute atomic E-state index is 0.348. The van der Waals surface area contributed by atoms with Gasteiger partial charge in [-0.1, -0.05) is 48.5 Å². The molecule has 30 heavy (non-hydrogen) atoms. The zero-order valence-corrected chi connectivity index (χ0v) is 17.7. The molecule has 0 spiro atoms. The van der Waals surface area contributed by atoms with Gasteiger partial charge in [0.05, 0.1) is 5.94 Å². The van der Waals surface area contributed by atoms with Crippen LogP contribution in [-0.2, 0) is 16.0 Å². The molecule has 2 aromatic rings. The lowest BCUT2D eigenvalue weighted by Gasteiger charge is -2.29. The third-order valence-electron chi connectivity index (χ3n) is 5.12. The second-order valence-electron chi connectivity index (χ2n) is 7.42. The Morgan fingerprint density at radius 3 is 2.40 bits per heavy atom. The summed E-state index contributed by atoms with van der Waals surface area (Å²) in [5.41, 5.74) is 3.92. The molecule has 6 nitrogen and oxygen atoms in total. The van der Waals surface area contributed by atoms with E-state index < -0.39 is 30.9 Å². The average molecular weight is 408 g/mol. The van der Waals surface area contributed by atoms with E-state index in [1.165, 1.54) is 4.90 Å². The molecule has 0 unspecified atom stereocenters. The standard InChI is InChI=1S/C23H29BN2O4/c1-5-22(27)26(20-9-7-6-8-10-20)18(4)23(28)25-21(24(29)30)14-13-19-12-11-16(2)15-17(19)3/h5-12,15,18,21,29-30H,1,13-14H2,2-4H3,(H,25,28)/t18-,21-/m0/s1. The monoisotopic (exact) mass is 408 g/mol. The Morgan fingerprint density at radius 1 is 1.17 bits per heavy atom. The molecule has 0 radical (unpaired) electrons. The number of rotatable bonds is 9. The minimum Gasteiger partial charge on any atom is -0.426 e. The number of nitrogens with one attached hydrogen (secondary N) is 1. The maximum atomic E-state index is 12.9. The molecule has 0 aliphatic rings. The predicted octanol–water partition coefficient (Wildman–Crippen LogP) is 2.34. The summed E-state index contributed by atoms with van der Waals surface area (Å²) in [5.74, 6) is -1.76. The van der Waals surface area contributed by atoms with E-state index in [-0.39, 0.29) is 0 Å². The highest BCUT2D eigenvalue weighted by atomic mass is 16.4. The number of carbonyl (C=O) groups excluding carboxylic acids is 2. The Kier molecular flexibility index (Phi) is 8.39. The molecule has 2 atom stereocenters. The van der Waals surface area contributed by atoms with Crippen LogP contribution in [0.4, 0.5) is 5.69 Å². The van der Waals surface area contributed by atoms with E-state index >= 15 is 0 Å². The van der Waals surface area contributed by atoms with E-state index in [0.29, 0.717) is 18.5 Å². The largest absolute Gasteiger partial charge is 0.475 e. The van der Waals surface area contributed by atoms with Crippen molar-refractivity contribution in [3.8, 4) is 0 Å². The lowest BCUT2D eigenvalue weighted by Crippen LogP contribution is -2.54. The van der Waals surface area contributed by atoms with Crippen molar-refractivity contribution in [1.29, 1.82) is 0 Å². The van der Waals surface area contributed by atoms with Crippen molar-refractivity contribution in [2.45, 2.75) is 45.6 Å². The smallest absolute Gasteiger partial charge is 0.426 e. The van der Waals surface area contributed by atoms with Crippen LogP contribution in [0.15, 0.2) is 61.2 Å². The van der Waals surface area contributed by atoms with E-state index in [9.17, 15) is 19.6 Å². The maximum Gasteiger partial charge on any atom is 0.475 e. The number of hydrogen-bond donors (Lipinski definition) is 3. The summed E-state index contributed by atoms with van der Waals surface area (Å²) in [4.78, 5) is 26.6. The van der Waals surface area contributed by atoms with Crippen LogP contribution in [0.1, 0.15) is 30.0 Å². The third kappa shape index (κ3) is 6.05. The van der Waals surface area contributed by atoms with Crippen molar-refractivity contribution in [2.24, 2.45) is 0 Å². The van der Waals surface area contributed by atoms with Crippen LogP contribution in [-0.4, -0.2) is 41.0 Å². The lowest BCUT2D eigenvalue weighted by atomic mass is 9.76. The van der Waals surface area contributed by atoms with Crippen molar-refractivity contribution in [1.82, 2.24) is 5.32 Å². The fourth-order valence-electron chi connectivity index (χ4n) is 3.38. The molecule has 2 aromatic carbocycles. The molecule has 2 rings (SSSR count). The number of benzene rings is 2. The van der Waals surface area contributed by atoms with E-state index in [1.807, 2.05) is 32.0 Å². The molecule has 0 aliphatic carbocycles. The van der Waals surface area contributed by atoms with Crippen LogP contribution in [0.3, 0.4) is 0 Å². The summed E-state index contributed by atoms with van der Waals surface area (Å²) in [5, 5.41) is 22.3. The molecule has 0 aromatic heterocycles. The second kappa shape index (κ2) is 10.8. The van der Waals surface area contributed by atoms with Gasteiger partial charge in [0.2, 0.25) is 5.91 Å². The quantitative estimate of drug-likeness (QED) is 0.439. The molecule has 0 heterocycles. The summed E-state index contributed by atoms with van der Waals surface area (Å²) >= 11 is 0. The third-order valence-corrected chi connectivity index (χ3v) is 5.12. The number of hydrogen-bond acceptors (Lipinski definition) is 4. The first-order valence-corrected chi connectivity index (χ1v) is 9.98. The van der Waals surface area contributed by atoms with Crippen LogP contribution in [0, 0.1) is 13.8 Å². The van der Waals surface area contributed by atoms with Gasteiger partial charge in [0.15, 0.2) is 0 Å². The summed E-state index contributed by atoms with van der Waals surface area (Å²) in [6.45, 7) is 9.13. The highest BCUT2D eigenvalue weighted by Gasteiger charge is 2.31. The van der Waals surface area contributed by atoms with E-state index in [0.717, 1.165) is 22.8 Å². The number of para-hydroxylation sites is 1. The summed E-state index contributed by atoms with van der Waals surface area (Å²) in [6, 6.07) is 14.0. The van der Waals surface area contributed by atoms with E-state index in [4.69, 9.17) is 0 Å². The van der Waals surface area contributed by atoms with Gasteiger partial charge in [-0.25, -0.2) is 0 Å². The van der Waals surface area contributed by atoms with Gasteiger partial charge in [-0.05, 0) is 62.9 Å². The minimum atomic E-state index is -1.72. The van der Waals surface area contributed by atoms with Crippen LogP contribution in [0.5, 0.6) is 0 Å². The van der Waals surface area contributed by atoms with Gasteiger partial charge in [-0.15, -0.1) is 0 Å². The SMILES string of the molecule is C=CC(=O)N(c1ccccc1)[C@@H](C)C(=O)N[C@@H](CCc1ccc(C)cc1C)B(O)O. The molecule has 0 aliphatic heterocycles. The van der Waals surface area contributed by atoms with Crippen LogP contribution >= 0.6 is 0 Å². The van der Waals surface area contributed by atoms with Crippen molar-refractivity contribution in [2.75, 3.05) is 4.90 Å². The molecule has 0 bridgehead atoms. The second-order valence-corrected chi connectivity index (χ2v) is 7.42. The molecular formula is C23H29BN2O4. The fourth-order valence-corrected chi connectivity index (χ4v) is 3.38. The van der Waals surface area contributed by atoms with Crippen molar-refractivity contribution < 1.29 is 19.6 Å². The Morgan fingerprint density at radius 2 is 1.83 bits per heavy atom. The van der Waals surface area contributed by atoms with Gasteiger partial charge in [0.1, 0.15) is 6.04 Å². The lowest BCUT2D eigenvalue weighted by molar-refractivity contribution is -0.125. The van der Waals surface area contributed by atoms with Gasteiger partial charge < -0.3 is 15.4 Å². The van der Waals surface area contributed by atoms with Gasteiger partial charge in [0, 0.05) is 5.69 Å². The van der Waals surface area contributed by atoms with Gasteiger partial charge >= 0.3 is 7.12 Å². The van der Waals surface area contributed by atoms with Gasteiger partial charge in [-0.2, -0.15) is 0 Å². The Labute approximate surface area is 178 Å². The first-order chi connectivity index (χ1) is 14.2. The summed E-state index contributed by atoms with van der Waals surface area (Å²) in [7, 11) is -1.72. The molecule has 0 saturated carbocycles. The van der Waals surface area contributed by atoms with Crippen molar-refractivity contribution in [3.63, 3.8) is 0 Å². The maximum absolute atomic E-state index is 12.9. The van der Waals surface area contributed by atoms with Crippen LogP contribution < -0.4 is 10.2 Å². The van der Waals surface area contributed by atoms with Crippen molar-refractivity contribution >= 4 is 24.6 Å². The topological polar surface area (TPSA) is 89.9 Å². The van der Waals surface area contributed by atoms with E-state index in [2.05, 4.69) is 18.0 Å². The average Bonchev–Trinajstić information content (AvgIpc) is 2.72. The number of carbonyl (C=O) groups is 2. The number of anilines is 1. The molecule has 0 saturated heterocycles.